The molecular formula is C8H16NO2+. The van der Waals surface area contributed by atoms with Gasteiger partial charge in [0.1, 0.15) is 0 Å². The van der Waals surface area contributed by atoms with Crippen LogP contribution >= 0.6 is 0 Å². The molecule has 0 radical (unpaired) electrons. The normalized spacial score (nSPS) is 28.5. The second-order valence-electron chi connectivity index (χ2n) is 3.68. The molecule has 0 amide bonds. The van der Waals surface area contributed by atoms with Crippen LogP contribution in [0.3, 0.4) is 0 Å². The summed E-state index contributed by atoms with van der Waals surface area (Å²) in [6.45, 7) is 1.08. The molecule has 0 spiro atoms. The molecule has 3 heteroatoms. The fraction of sp³-hybridized carbons (Fsp3) is 0.875. The summed E-state index contributed by atoms with van der Waals surface area (Å²) in [7, 11) is 5.61. The molecule has 1 atom stereocenters. The Hall–Kier alpha value is -0.570. The van der Waals surface area contributed by atoms with E-state index in [9.17, 15) is 4.79 Å². The molecule has 0 aromatic heterocycles. The SMILES string of the molecule is COC(=O)[C@@H]1CCC[N+]1(C)C. The standard InChI is InChI=1S/C8H16NO2/c1-9(2)6-4-5-7(9)8(10)11-3/h7H,4-6H2,1-3H3/q+1/t7-/m0/s1. The van der Waals surface area contributed by atoms with E-state index in [0.29, 0.717) is 0 Å². The van der Waals surface area contributed by atoms with Gasteiger partial charge in [-0.05, 0) is 0 Å². The average molecular weight is 158 g/mol. The van der Waals surface area contributed by atoms with Crippen LogP contribution in [0.1, 0.15) is 12.8 Å². The first-order chi connectivity index (χ1) is 5.08. The summed E-state index contributed by atoms with van der Waals surface area (Å²) < 4.78 is 5.50. The molecule has 1 rings (SSSR count). The van der Waals surface area contributed by atoms with Crippen molar-refractivity contribution in [2.45, 2.75) is 18.9 Å². The van der Waals surface area contributed by atoms with Gasteiger partial charge in [0.05, 0.1) is 27.7 Å². The number of likely N-dealkylation sites (N-methyl/N-ethyl adjacent to an activating group) is 1. The number of carbonyl (C=O) groups excluding carboxylic acids is 1. The molecule has 64 valence electrons. The summed E-state index contributed by atoms with van der Waals surface area (Å²) in [5.41, 5.74) is 0. The fourth-order valence-corrected chi connectivity index (χ4v) is 1.74. The van der Waals surface area contributed by atoms with Crippen molar-refractivity contribution >= 4 is 5.97 Å². The highest BCUT2D eigenvalue weighted by atomic mass is 16.5. The van der Waals surface area contributed by atoms with Crippen LogP contribution in [-0.4, -0.2) is 44.2 Å². The van der Waals surface area contributed by atoms with Crippen molar-refractivity contribution in [1.82, 2.24) is 0 Å². The second kappa shape index (κ2) is 2.81. The van der Waals surface area contributed by atoms with E-state index in [-0.39, 0.29) is 12.0 Å². The predicted molar refractivity (Wildman–Crippen MR) is 42.0 cm³/mol. The molecule has 0 aromatic rings. The number of hydrogen-bond donors (Lipinski definition) is 0. The van der Waals surface area contributed by atoms with Gasteiger partial charge in [-0.3, -0.25) is 0 Å². The summed E-state index contributed by atoms with van der Waals surface area (Å²) in [5.74, 6) is -0.0625. The van der Waals surface area contributed by atoms with E-state index in [0.717, 1.165) is 23.9 Å². The van der Waals surface area contributed by atoms with E-state index in [1.54, 1.807) is 0 Å². The minimum atomic E-state index is -0.0625. The third-order valence-electron chi connectivity index (χ3n) is 2.53. The predicted octanol–water partition coefficient (Wildman–Crippen LogP) is 0.398. The van der Waals surface area contributed by atoms with Gasteiger partial charge in [0.2, 0.25) is 0 Å². The first-order valence-corrected chi connectivity index (χ1v) is 3.98. The highest BCUT2D eigenvalue weighted by molar-refractivity contribution is 5.74. The summed E-state index contributed by atoms with van der Waals surface area (Å²) in [6, 6.07) is 0.0694. The van der Waals surface area contributed by atoms with Gasteiger partial charge in [0.15, 0.2) is 6.04 Å². The number of ether oxygens (including phenoxy) is 1. The molecule has 0 unspecified atom stereocenters. The molecule has 0 aliphatic carbocycles. The molecule has 0 saturated carbocycles. The van der Waals surface area contributed by atoms with Crippen molar-refractivity contribution < 1.29 is 14.0 Å². The van der Waals surface area contributed by atoms with Crippen LogP contribution in [0.4, 0.5) is 0 Å². The lowest BCUT2D eigenvalue weighted by Gasteiger charge is -2.29. The summed E-state index contributed by atoms with van der Waals surface area (Å²) in [5, 5.41) is 0. The van der Waals surface area contributed by atoms with Crippen LogP contribution in [0.25, 0.3) is 0 Å². The van der Waals surface area contributed by atoms with Crippen LogP contribution < -0.4 is 0 Å². The van der Waals surface area contributed by atoms with Gasteiger partial charge in [-0.25, -0.2) is 4.79 Å². The molecule has 1 aliphatic heterocycles. The molecule has 0 N–H and O–H groups in total. The summed E-state index contributed by atoms with van der Waals surface area (Å²) >= 11 is 0. The first kappa shape index (κ1) is 8.53. The van der Waals surface area contributed by atoms with Gasteiger partial charge in [-0.15, -0.1) is 0 Å². The number of esters is 1. The average Bonchev–Trinajstić information content (AvgIpc) is 2.28. The molecule has 0 bridgehead atoms. The topological polar surface area (TPSA) is 26.3 Å². The molecular weight excluding hydrogens is 142 g/mol. The zero-order valence-electron chi connectivity index (χ0n) is 7.46. The molecule has 1 fully saturated rings. The Kier molecular flexibility index (Phi) is 2.18. The highest BCUT2D eigenvalue weighted by Crippen LogP contribution is 2.22. The summed E-state index contributed by atoms with van der Waals surface area (Å²) in [6.07, 6.45) is 2.10. The van der Waals surface area contributed by atoms with E-state index in [1.807, 2.05) is 0 Å². The van der Waals surface area contributed by atoms with Crippen LogP contribution in [0.15, 0.2) is 0 Å². The number of likely N-dealkylation sites (tertiary alicyclic amines) is 1. The smallest absolute Gasteiger partial charge is 0.364 e. The maximum atomic E-state index is 11.2. The van der Waals surface area contributed by atoms with Crippen LogP contribution in [-0.2, 0) is 9.53 Å². The minimum absolute atomic E-state index is 0.0625. The molecule has 1 saturated heterocycles. The highest BCUT2D eigenvalue weighted by Gasteiger charge is 2.40. The van der Waals surface area contributed by atoms with Crippen molar-refractivity contribution in [3.05, 3.63) is 0 Å². The van der Waals surface area contributed by atoms with Crippen LogP contribution in [0.5, 0.6) is 0 Å². The van der Waals surface area contributed by atoms with Crippen molar-refractivity contribution in [1.29, 1.82) is 0 Å². The second-order valence-corrected chi connectivity index (χ2v) is 3.68. The molecule has 0 aromatic carbocycles. The van der Waals surface area contributed by atoms with Crippen molar-refractivity contribution in [3.63, 3.8) is 0 Å². The molecule has 11 heavy (non-hydrogen) atoms. The Morgan fingerprint density at radius 1 is 1.55 bits per heavy atom. The Bertz CT molecular complexity index is 165. The number of nitrogens with zero attached hydrogens (tertiary/aromatic N) is 1. The van der Waals surface area contributed by atoms with Gasteiger partial charge in [-0.2, -0.15) is 0 Å². The first-order valence-electron chi connectivity index (χ1n) is 3.98. The fourth-order valence-electron chi connectivity index (χ4n) is 1.74. The van der Waals surface area contributed by atoms with Gasteiger partial charge < -0.3 is 9.22 Å². The Labute approximate surface area is 67.5 Å². The van der Waals surface area contributed by atoms with E-state index in [4.69, 9.17) is 4.74 Å². The Balaban J connectivity index is 2.64. The van der Waals surface area contributed by atoms with E-state index < -0.39 is 0 Å². The maximum absolute atomic E-state index is 11.2. The quantitative estimate of drug-likeness (QED) is 0.408. The van der Waals surface area contributed by atoms with E-state index in [2.05, 4.69) is 14.1 Å². The van der Waals surface area contributed by atoms with Crippen molar-refractivity contribution in [2.24, 2.45) is 0 Å². The maximum Gasteiger partial charge on any atom is 0.364 e. The molecule has 3 nitrogen and oxygen atoms in total. The molecule has 1 heterocycles. The van der Waals surface area contributed by atoms with Gasteiger partial charge >= 0.3 is 5.97 Å². The largest absolute Gasteiger partial charge is 0.465 e. The Morgan fingerprint density at radius 2 is 2.18 bits per heavy atom. The monoisotopic (exact) mass is 158 g/mol. The van der Waals surface area contributed by atoms with Gasteiger partial charge in [-0.1, -0.05) is 0 Å². The number of hydrogen-bond acceptors (Lipinski definition) is 2. The zero-order chi connectivity index (χ0) is 8.48. The minimum Gasteiger partial charge on any atom is -0.465 e. The van der Waals surface area contributed by atoms with Crippen LogP contribution in [0, 0.1) is 0 Å². The Morgan fingerprint density at radius 3 is 2.55 bits per heavy atom. The van der Waals surface area contributed by atoms with Crippen molar-refractivity contribution in [3.8, 4) is 0 Å². The lowest BCUT2D eigenvalue weighted by Crippen LogP contribution is -2.48. The third kappa shape index (κ3) is 1.53. The molecule has 1 aliphatic rings. The number of rotatable bonds is 1. The van der Waals surface area contributed by atoms with Crippen molar-refractivity contribution in [2.75, 3.05) is 27.7 Å². The zero-order valence-corrected chi connectivity index (χ0v) is 7.46. The van der Waals surface area contributed by atoms with Gasteiger partial charge in [0.25, 0.3) is 0 Å². The van der Waals surface area contributed by atoms with E-state index >= 15 is 0 Å². The number of methoxy groups -OCH3 is 1. The van der Waals surface area contributed by atoms with E-state index in [1.165, 1.54) is 7.11 Å². The number of quaternary nitrogens is 1. The lowest BCUT2D eigenvalue weighted by molar-refractivity contribution is -0.893. The lowest BCUT2D eigenvalue weighted by atomic mass is 10.2. The third-order valence-corrected chi connectivity index (χ3v) is 2.53. The van der Waals surface area contributed by atoms with Gasteiger partial charge in [0, 0.05) is 12.8 Å². The summed E-state index contributed by atoms with van der Waals surface area (Å²) in [4.78, 5) is 11.2. The van der Waals surface area contributed by atoms with Crippen LogP contribution in [0.2, 0.25) is 0 Å². The number of carbonyl (C=O) groups is 1.